The first-order chi connectivity index (χ1) is 10.5. The molecule has 0 bridgehead atoms. The van der Waals surface area contributed by atoms with Gasteiger partial charge in [0.1, 0.15) is 0 Å². The van der Waals surface area contributed by atoms with Crippen molar-refractivity contribution in [3.8, 4) is 0 Å². The Morgan fingerprint density at radius 2 is 1.96 bits per heavy atom. The molecule has 0 radical (unpaired) electrons. The van der Waals surface area contributed by atoms with E-state index < -0.39 is 0 Å². The average molecular weight is 440 g/mol. The van der Waals surface area contributed by atoms with E-state index in [1.165, 1.54) is 12.8 Å². The van der Waals surface area contributed by atoms with E-state index in [1.54, 1.807) is 0 Å². The number of hydrogen-bond donors (Lipinski definition) is 2. The molecular formula is C17H37IN4O. The standard InChI is InChI=1S/C17H36N4O.HI/c1-6-18-17(19-10-7-11-22-13-14(2)3)20-12-16(21(4)5)15-8-9-15;/h14-16H,6-13H2,1-5H3,(H2,18,19,20);1H. The lowest BCUT2D eigenvalue weighted by molar-refractivity contribution is 0.108. The zero-order valence-electron chi connectivity index (χ0n) is 15.6. The summed E-state index contributed by atoms with van der Waals surface area (Å²) in [4.78, 5) is 7.06. The number of ether oxygens (including phenoxy) is 1. The molecule has 0 saturated heterocycles. The molecule has 0 aromatic carbocycles. The maximum absolute atomic E-state index is 5.60. The zero-order chi connectivity index (χ0) is 16.4. The number of hydrogen-bond acceptors (Lipinski definition) is 3. The van der Waals surface area contributed by atoms with Gasteiger partial charge in [-0.15, -0.1) is 24.0 Å². The van der Waals surface area contributed by atoms with Crippen molar-refractivity contribution in [2.45, 2.75) is 46.1 Å². The summed E-state index contributed by atoms with van der Waals surface area (Å²) in [5.74, 6) is 2.38. The number of nitrogens with one attached hydrogen (secondary N) is 2. The third kappa shape index (κ3) is 11.2. The number of halogens is 1. The fourth-order valence-electron chi connectivity index (χ4n) is 2.44. The van der Waals surface area contributed by atoms with E-state index in [0.29, 0.717) is 12.0 Å². The van der Waals surface area contributed by atoms with Gasteiger partial charge in [-0.25, -0.2) is 0 Å². The summed E-state index contributed by atoms with van der Waals surface area (Å²) in [6.07, 6.45) is 3.72. The quantitative estimate of drug-likeness (QED) is 0.225. The van der Waals surface area contributed by atoms with Crippen molar-refractivity contribution in [1.82, 2.24) is 15.5 Å². The van der Waals surface area contributed by atoms with Gasteiger partial charge in [-0.3, -0.25) is 4.99 Å². The molecule has 0 aromatic heterocycles. The summed E-state index contributed by atoms with van der Waals surface area (Å²) in [5.41, 5.74) is 0. The highest BCUT2D eigenvalue weighted by molar-refractivity contribution is 14.0. The Morgan fingerprint density at radius 1 is 1.26 bits per heavy atom. The Kier molecular flexibility index (Phi) is 13.2. The molecule has 1 saturated carbocycles. The van der Waals surface area contributed by atoms with E-state index in [4.69, 9.17) is 9.73 Å². The topological polar surface area (TPSA) is 48.9 Å². The second-order valence-electron chi connectivity index (χ2n) is 6.84. The van der Waals surface area contributed by atoms with Gasteiger partial charge in [0.25, 0.3) is 0 Å². The lowest BCUT2D eigenvalue weighted by Gasteiger charge is -2.23. The minimum absolute atomic E-state index is 0. The number of aliphatic imine (C=N–C) groups is 1. The predicted molar refractivity (Wildman–Crippen MR) is 110 cm³/mol. The van der Waals surface area contributed by atoms with Crippen LogP contribution in [0.25, 0.3) is 0 Å². The van der Waals surface area contributed by atoms with Gasteiger partial charge in [0.05, 0.1) is 6.54 Å². The maximum atomic E-state index is 5.60. The fraction of sp³-hybridized carbons (Fsp3) is 0.941. The molecule has 0 spiro atoms. The number of guanidine groups is 1. The van der Waals surface area contributed by atoms with Crippen LogP contribution in [-0.4, -0.2) is 63.8 Å². The summed E-state index contributed by atoms with van der Waals surface area (Å²) >= 11 is 0. The Morgan fingerprint density at radius 3 is 2.48 bits per heavy atom. The molecule has 0 aliphatic heterocycles. The third-order valence-corrected chi connectivity index (χ3v) is 3.82. The van der Waals surface area contributed by atoms with Crippen LogP contribution in [0.2, 0.25) is 0 Å². The van der Waals surface area contributed by atoms with E-state index in [1.807, 2.05) is 0 Å². The SMILES string of the molecule is CCNC(=NCC(C1CC1)N(C)C)NCCCOCC(C)C.I. The molecule has 0 amide bonds. The van der Waals surface area contributed by atoms with Gasteiger partial charge in [0.2, 0.25) is 0 Å². The smallest absolute Gasteiger partial charge is 0.191 e. The van der Waals surface area contributed by atoms with Gasteiger partial charge < -0.3 is 20.3 Å². The van der Waals surface area contributed by atoms with Crippen molar-refractivity contribution in [2.24, 2.45) is 16.8 Å². The molecular weight excluding hydrogens is 403 g/mol. The molecule has 1 atom stereocenters. The van der Waals surface area contributed by atoms with Gasteiger partial charge in [0, 0.05) is 32.3 Å². The first kappa shape index (κ1) is 22.9. The molecule has 2 N–H and O–H groups in total. The molecule has 1 unspecified atom stereocenters. The number of nitrogens with zero attached hydrogens (tertiary/aromatic N) is 2. The van der Waals surface area contributed by atoms with E-state index in [2.05, 4.69) is 50.4 Å². The van der Waals surface area contributed by atoms with Crippen molar-refractivity contribution < 1.29 is 4.74 Å². The van der Waals surface area contributed by atoms with Crippen LogP contribution in [0.5, 0.6) is 0 Å². The van der Waals surface area contributed by atoms with Crippen LogP contribution in [0.15, 0.2) is 4.99 Å². The molecule has 1 fully saturated rings. The molecule has 5 nitrogen and oxygen atoms in total. The summed E-state index contributed by atoms with van der Waals surface area (Å²) < 4.78 is 5.60. The predicted octanol–water partition coefficient (Wildman–Crippen LogP) is 2.56. The van der Waals surface area contributed by atoms with Gasteiger partial charge in [-0.2, -0.15) is 0 Å². The number of likely N-dealkylation sites (N-methyl/N-ethyl adjacent to an activating group) is 1. The van der Waals surface area contributed by atoms with Crippen LogP contribution in [-0.2, 0) is 4.74 Å². The molecule has 1 aliphatic rings. The minimum Gasteiger partial charge on any atom is -0.381 e. The van der Waals surface area contributed by atoms with Gasteiger partial charge in [-0.05, 0) is 52.1 Å². The highest BCUT2D eigenvalue weighted by Crippen LogP contribution is 2.34. The van der Waals surface area contributed by atoms with Crippen LogP contribution < -0.4 is 10.6 Å². The van der Waals surface area contributed by atoms with Crippen LogP contribution in [0.3, 0.4) is 0 Å². The Bertz CT molecular complexity index is 318. The molecule has 0 heterocycles. The van der Waals surface area contributed by atoms with Crippen LogP contribution in [0.1, 0.15) is 40.0 Å². The van der Waals surface area contributed by atoms with E-state index in [-0.39, 0.29) is 24.0 Å². The monoisotopic (exact) mass is 440 g/mol. The average Bonchev–Trinajstić information content (AvgIpc) is 3.26. The summed E-state index contributed by atoms with van der Waals surface area (Å²) in [5, 5.41) is 6.73. The first-order valence-corrected chi connectivity index (χ1v) is 8.81. The lowest BCUT2D eigenvalue weighted by Crippen LogP contribution is -2.40. The zero-order valence-corrected chi connectivity index (χ0v) is 17.9. The van der Waals surface area contributed by atoms with Gasteiger partial charge in [-0.1, -0.05) is 13.8 Å². The summed E-state index contributed by atoms with van der Waals surface area (Å²) in [7, 11) is 4.32. The van der Waals surface area contributed by atoms with E-state index in [0.717, 1.165) is 51.1 Å². The van der Waals surface area contributed by atoms with Crippen LogP contribution >= 0.6 is 24.0 Å². The normalized spacial score (nSPS) is 16.4. The van der Waals surface area contributed by atoms with Crippen molar-refractivity contribution >= 4 is 29.9 Å². The Balaban J connectivity index is 0.00000484. The van der Waals surface area contributed by atoms with Crippen molar-refractivity contribution in [1.29, 1.82) is 0 Å². The molecule has 138 valence electrons. The third-order valence-electron chi connectivity index (χ3n) is 3.82. The van der Waals surface area contributed by atoms with Crippen molar-refractivity contribution in [3.63, 3.8) is 0 Å². The lowest BCUT2D eigenvalue weighted by atomic mass is 10.2. The first-order valence-electron chi connectivity index (χ1n) is 8.81. The Hall–Kier alpha value is -0.0800. The van der Waals surface area contributed by atoms with Crippen LogP contribution in [0, 0.1) is 11.8 Å². The van der Waals surface area contributed by atoms with E-state index >= 15 is 0 Å². The minimum atomic E-state index is 0. The van der Waals surface area contributed by atoms with Crippen LogP contribution in [0.4, 0.5) is 0 Å². The largest absolute Gasteiger partial charge is 0.381 e. The highest BCUT2D eigenvalue weighted by atomic mass is 127. The second kappa shape index (κ2) is 13.2. The summed E-state index contributed by atoms with van der Waals surface area (Å²) in [6, 6.07) is 0.574. The molecule has 0 aromatic rings. The number of rotatable bonds is 11. The highest BCUT2D eigenvalue weighted by Gasteiger charge is 2.32. The maximum Gasteiger partial charge on any atom is 0.191 e. The van der Waals surface area contributed by atoms with Gasteiger partial charge in [0.15, 0.2) is 5.96 Å². The summed E-state index contributed by atoms with van der Waals surface area (Å²) in [6.45, 7) is 10.8. The molecule has 6 heteroatoms. The molecule has 23 heavy (non-hydrogen) atoms. The molecule has 1 aliphatic carbocycles. The van der Waals surface area contributed by atoms with Crippen molar-refractivity contribution in [2.75, 3.05) is 46.9 Å². The van der Waals surface area contributed by atoms with Crippen molar-refractivity contribution in [3.05, 3.63) is 0 Å². The van der Waals surface area contributed by atoms with Gasteiger partial charge >= 0.3 is 0 Å². The Labute approximate surface area is 160 Å². The second-order valence-corrected chi connectivity index (χ2v) is 6.84. The van der Waals surface area contributed by atoms with E-state index in [9.17, 15) is 0 Å². The molecule has 1 rings (SSSR count). The fourth-order valence-corrected chi connectivity index (χ4v) is 2.44.